The molecule has 0 bridgehead atoms. The maximum Gasteiger partial charge on any atom is 2.00 e. The third-order valence-corrected chi connectivity index (χ3v) is 17.3. The first-order valence-electron chi connectivity index (χ1n) is 33.9. The van der Waals surface area contributed by atoms with E-state index < -0.39 is 65.0 Å². The van der Waals surface area contributed by atoms with Gasteiger partial charge in [0, 0.05) is 0 Å². The minimum Gasteiger partial charge on any atom is -0.744 e. The van der Waals surface area contributed by atoms with E-state index in [0.717, 1.165) is 115 Å². The van der Waals surface area contributed by atoms with Crippen molar-refractivity contribution in [3.63, 3.8) is 0 Å². The summed E-state index contributed by atoms with van der Waals surface area (Å²) < 4.78 is 92.6. The zero-order valence-corrected chi connectivity index (χ0v) is 58.6. The van der Waals surface area contributed by atoms with Crippen molar-refractivity contribution in [2.75, 3.05) is 26.4 Å². The summed E-state index contributed by atoms with van der Waals surface area (Å²) in [7, 11) is -10.0. The standard InChI is InChI=1S/2C36H58O7S.Ca/c2*1-3-5-7-9-11-13-15-17-19-21-23-25-30-42-35(37)32-28-27-29-33(44(39,40)41)34(32)36(38)43-31-26-24-22-20-18-16-14-12-10-8-6-4-2;/h2*3-4,27-29H,1-2,5-26,30-31H2,(H,39,40,41);/q;;+2/p-2. The minimum absolute atomic E-state index is 0. The number of allylic oxidation sites excluding steroid dienone is 4. The van der Waals surface area contributed by atoms with Gasteiger partial charge in [-0.25, -0.2) is 36.0 Å². The molecule has 2 aromatic rings. The van der Waals surface area contributed by atoms with Crippen molar-refractivity contribution in [1.29, 1.82) is 0 Å². The van der Waals surface area contributed by atoms with Gasteiger partial charge in [0.15, 0.2) is 0 Å². The van der Waals surface area contributed by atoms with Crippen LogP contribution in [0.4, 0.5) is 0 Å². The van der Waals surface area contributed by atoms with Crippen molar-refractivity contribution in [2.24, 2.45) is 0 Å². The average Bonchev–Trinajstić information content (AvgIpc) is 3.38. The summed E-state index contributed by atoms with van der Waals surface area (Å²) in [6.45, 7) is 15.5. The summed E-state index contributed by atoms with van der Waals surface area (Å²) >= 11 is 0. The SMILES string of the molecule is C=CCCCCCCCCCCCCOC(=O)c1cccc(S(=O)(=O)[O-])c1C(=O)OCCCCCCCCCCCCC=C.C=CCCCCCCCCCCCCOC(=O)c1cccc(S(=O)(=O)[O-])c1C(=O)OCCCCCCCCCCCCC=C.[Ca+2]. The zero-order valence-electron chi connectivity index (χ0n) is 54.8. The summed E-state index contributed by atoms with van der Waals surface area (Å²) in [5.74, 6) is -3.66. The third kappa shape index (κ3) is 45.3. The molecular formula is C72H114CaO14S2. The number of carbonyl (C=O) groups excluding carboxylic acids is 4. The molecule has 0 saturated heterocycles. The molecule has 0 heterocycles. The molecule has 89 heavy (non-hydrogen) atoms. The normalized spacial score (nSPS) is 11.2. The van der Waals surface area contributed by atoms with Crippen LogP contribution in [-0.2, 0) is 39.2 Å². The first kappa shape index (κ1) is 85.4. The Balaban J connectivity index is 0.00000172. The molecule has 500 valence electrons. The van der Waals surface area contributed by atoms with E-state index in [1.165, 1.54) is 178 Å². The van der Waals surface area contributed by atoms with E-state index in [-0.39, 0.29) is 75.3 Å². The molecule has 2 rings (SSSR count). The van der Waals surface area contributed by atoms with Crippen molar-refractivity contribution in [3.8, 4) is 0 Å². The van der Waals surface area contributed by atoms with E-state index in [1.54, 1.807) is 0 Å². The van der Waals surface area contributed by atoms with Crippen LogP contribution in [0.1, 0.15) is 324 Å². The fourth-order valence-corrected chi connectivity index (χ4v) is 11.8. The Morgan fingerprint density at radius 3 is 0.674 bits per heavy atom. The van der Waals surface area contributed by atoms with Gasteiger partial charge in [-0.15, -0.1) is 26.3 Å². The van der Waals surface area contributed by atoms with E-state index in [4.69, 9.17) is 18.9 Å². The Hall–Kier alpha value is -3.64. The quantitative estimate of drug-likeness (QED) is 0.0150. The monoisotopic (exact) mass is 1310 g/mol. The predicted octanol–water partition coefficient (Wildman–Crippen LogP) is 19.3. The van der Waals surface area contributed by atoms with Gasteiger partial charge in [0.05, 0.1) is 58.5 Å². The summed E-state index contributed by atoms with van der Waals surface area (Å²) in [5, 5.41) is 0. The van der Waals surface area contributed by atoms with Gasteiger partial charge in [0.25, 0.3) is 0 Å². The second-order valence-electron chi connectivity index (χ2n) is 23.3. The molecule has 0 amide bonds. The summed E-state index contributed by atoms with van der Waals surface area (Å²) in [6, 6.07) is 7.17. The molecular weight excluding hydrogens is 1190 g/mol. The molecule has 0 fully saturated rings. The Bertz CT molecular complexity index is 2270. The number of rotatable bonds is 58. The Kier molecular flexibility index (Phi) is 55.8. The molecule has 0 aliphatic rings. The number of hydrogen-bond acceptors (Lipinski definition) is 14. The van der Waals surface area contributed by atoms with E-state index >= 15 is 0 Å². The van der Waals surface area contributed by atoms with Crippen molar-refractivity contribution >= 4 is 81.9 Å². The number of carbonyl (C=O) groups is 4. The van der Waals surface area contributed by atoms with Crippen LogP contribution >= 0.6 is 0 Å². The number of benzene rings is 2. The molecule has 0 unspecified atom stereocenters. The van der Waals surface area contributed by atoms with Crippen LogP contribution in [0, 0.1) is 0 Å². The molecule has 0 saturated carbocycles. The van der Waals surface area contributed by atoms with Crippen molar-refractivity contribution in [2.45, 2.75) is 292 Å². The van der Waals surface area contributed by atoms with Gasteiger partial charge in [0.1, 0.15) is 20.2 Å². The predicted molar refractivity (Wildman–Crippen MR) is 360 cm³/mol. The van der Waals surface area contributed by atoms with Crippen molar-refractivity contribution in [3.05, 3.63) is 109 Å². The van der Waals surface area contributed by atoms with Gasteiger partial charge in [0.2, 0.25) is 0 Å². The fraction of sp³-hybridized carbons (Fsp3) is 0.667. The molecule has 17 heteroatoms. The minimum atomic E-state index is -5.01. The van der Waals surface area contributed by atoms with Gasteiger partial charge in [-0.05, 0) is 101 Å². The Morgan fingerprint density at radius 2 is 0.483 bits per heavy atom. The Labute approximate surface area is 569 Å². The molecule has 0 aromatic heterocycles. The number of esters is 4. The van der Waals surface area contributed by atoms with Crippen molar-refractivity contribution in [1.82, 2.24) is 0 Å². The van der Waals surface area contributed by atoms with Crippen LogP contribution in [0.15, 0.2) is 96.8 Å². The van der Waals surface area contributed by atoms with Gasteiger partial charge in [-0.3, -0.25) is 0 Å². The van der Waals surface area contributed by atoms with Gasteiger partial charge < -0.3 is 28.1 Å². The van der Waals surface area contributed by atoms with E-state index in [1.807, 2.05) is 24.3 Å². The maximum absolute atomic E-state index is 12.9. The van der Waals surface area contributed by atoms with Gasteiger partial charge in [-0.1, -0.05) is 242 Å². The van der Waals surface area contributed by atoms with Crippen LogP contribution in [0.5, 0.6) is 0 Å². The Morgan fingerprint density at radius 1 is 0.303 bits per heavy atom. The molecule has 2 aromatic carbocycles. The topological polar surface area (TPSA) is 220 Å². The van der Waals surface area contributed by atoms with Crippen LogP contribution in [-0.4, -0.2) is 114 Å². The second-order valence-corrected chi connectivity index (χ2v) is 26.0. The second kappa shape index (κ2) is 58.2. The summed E-state index contributed by atoms with van der Waals surface area (Å²) in [5.41, 5.74) is -1.59. The molecule has 0 atom stereocenters. The molecule has 0 spiro atoms. The molecule has 0 aliphatic heterocycles. The zero-order chi connectivity index (χ0) is 64.6. The largest absolute Gasteiger partial charge is 2.00 e. The van der Waals surface area contributed by atoms with E-state index in [2.05, 4.69) is 26.3 Å². The fourth-order valence-electron chi connectivity index (χ4n) is 10.4. The average molecular weight is 1310 g/mol. The smallest absolute Gasteiger partial charge is 0.744 e. The van der Waals surface area contributed by atoms with Crippen LogP contribution < -0.4 is 0 Å². The molecule has 14 nitrogen and oxygen atoms in total. The third-order valence-electron chi connectivity index (χ3n) is 15.6. The summed E-state index contributed by atoms with van der Waals surface area (Å²) in [6.07, 6.45) is 56.7. The van der Waals surface area contributed by atoms with Gasteiger partial charge >= 0.3 is 61.6 Å². The van der Waals surface area contributed by atoms with Crippen LogP contribution in [0.25, 0.3) is 0 Å². The van der Waals surface area contributed by atoms with E-state index in [9.17, 15) is 45.1 Å². The van der Waals surface area contributed by atoms with Crippen LogP contribution in [0.2, 0.25) is 0 Å². The number of hydrogen-bond donors (Lipinski definition) is 0. The molecule has 0 aliphatic carbocycles. The first-order chi connectivity index (χ1) is 42.6. The number of ether oxygens (including phenoxy) is 4. The maximum atomic E-state index is 12.9. The summed E-state index contributed by atoms with van der Waals surface area (Å²) in [4.78, 5) is 49.9. The van der Waals surface area contributed by atoms with Crippen molar-refractivity contribution < 1.29 is 64.1 Å². The molecule has 0 radical (unpaired) electrons. The van der Waals surface area contributed by atoms with E-state index in [0.29, 0.717) is 25.7 Å². The first-order valence-corrected chi connectivity index (χ1v) is 36.8. The van der Waals surface area contributed by atoms with Crippen LogP contribution in [0.3, 0.4) is 0 Å². The van der Waals surface area contributed by atoms with Gasteiger partial charge in [-0.2, -0.15) is 0 Å². The molecule has 0 N–H and O–H groups in total. The number of unbranched alkanes of at least 4 members (excludes halogenated alkanes) is 40.